The Hall–Kier alpha value is -1.56. The SMILES string of the molecule is C=CCN(CCOC)C(=O)NCC(CC(=O)O)CC(C)C. The van der Waals surface area contributed by atoms with E-state index in [4.69, 9.17) is 9.84 Å². The first kappa shape index (κ1) is 19.4. The molecule has 21 heavy (non-hydrogen) atoms. The zero-order chi connectivity index (χ0) is 16.3. The molecule has 0 spiro atoms. The average Bonchev–Trinajstić information content (AvgIpc) is 2.39. The molecule has 6 heteroatoms. The Morgan fingerprint density at radius 1 is 1.43 bits per heavy atom. The maximum Gasteiger partial charge on any atom is 0.317 e. The monoisotopic (exact) mass is 300 g/mol. The van der Waals surface area contributed by atoms with E-state index in [0.29, 0.717) is 32.2 Å². The van der Waals surface area contributed by atoms with Crippen molar-refractivity contribution in [2.24, 2.45) is 11.8 Å². The van der Waals surface area contributed by atoms with Crippen LogP contribution in [-0.4, -0.2) is 55.4 Å². The molecule has 6 nitrogen and oxygen atoms in total. The first-order chi connectivity index (χ1) is 9.90. The minimum absolute atomic E-state index is 0.0561. The van der Waals surface area contributed by atoms with Crippen molar-refractivity contribution in [2.45, 2.75) is 26.7 Å². The molecule has 1 unspecified atom stereocenters. The molecule has 0 aliphatic heterocycles. The quantitative estimate of drug-likeness (QED) is 0.572. The second-order valence-electron chi connectivity index (χ2n) is 5.51. The number of methoxy groups -OCH3 is 1. The minimum atomic E-state index is -0.836. The molecule has 0 aromatic rings. The highest BCUT2D eigenvalue weighted by Gasteiger charge is 2.18. The summed E-state index contributed by atoms with van der Waals surface area (Å²) in [7, 11) is 1.58. The van der Waals surface area contributed by atoms with Crippen molar-refractivity contribution in [1.82, 2.24) is 10.2 Å². The van der Waals surface area contributed by atoms with E-state index in [-0.39, 0.29) is 18.4 Å². The normalized spacial score (nSPS) is 12.0. The summed E-state index contributed by atoms with van der Waals surface area (Å²) in [6.07, 6.45) is 2.49. The molecule has 122 valence electrons. The average molecular weight is 300 g/mol. The molecule has 0 saturated heterocycles. The van der Waals surface area contributed by atoms with Crippen LogP contribution in [0.2, 0.25) is 0 Å². The van der Waals surface area contributed by atoms with Crippen molar-refractivity contribution >= 4 is 12.0 Å². The number of carboxylic acid groups (broad SMARTS) is 1. The van der Waals surface area contributed by atoms with Crippen LogP contribution in [0.1, 0.15) is 26.7 Å². The van der Waals surface area contributed by atoms with E-state index in [1.807, 2.05) is 13.8 Å². The highest BCUT2D eigenvalue weighted by atomic mass is 16.5. The molecular weight excluding hydrogens is 272 g/mol. The van der Waals surface area contributed by atoms with Gasteiger partial charge in [-0.1, -0.05) is 19.9 Å². The summed E-state index contributed by atoms with van der Waals surface area (Å²) in [5.41, 5.74) is 0. The number of aliphatic carboxylic acids is 1. The first-order valence-corrected chi connectivity index (χ1v) is 7.25. The Morgan fingerprint density at radius 3 is 2.57 bits per heavy atom. The van der Waals surface area contributed by atoms with Crippen molar-refractivity contribution in [2.75, 3.05) is 33.4 Å². The molecule has 0 rings (SSSR count). The van der Waals surface area contributed by atoms with Gasteiger partial charge in [0.2, 0.25) is 0 Å². The van der Waals surface area contributed by atoms with Crippen LogP contribution in [-0.2, 0) is 9.53 Å². The van der Waals surface area contributed by atoms with Gasteiger partial charge in [0, 0.05) is 33.2 Å². The lowest BCUT2D eigenvalue weighted by Gasteiger charge is -2.23. The van der Waals surface area contributed by atoms with Gasteiger partial charge in [-0.3, -0.25) is 4.79 Å². The van der Waals surface area contributed by atoms with Gasteiger partial charge in [0.05, 0.1) is 6.61 Å². The first-order valence-electron chi connectivity index (χ1n) is 7.25. The molecule has 0 heterocycles. The number of nitrogens with zero attached hydrogens (tertiary/aromatic N) is 1. The molecular formula is C15H28N2O4. The highest BCUT2D eigenvalue weighted by molar-refractivity contribution is 5.74. The Bertz CT molecular complexity index is 332. The zero-order valence-corrected chi connectivity index (χ0v) is 13.3. The van der Waals surface area contributed by atoms with Gasteiger partial charge in [-0.05, 0) is 18.3 Å². The van der Waals surface area contributed by atoms with Gasteiger partial charge in [-0.25, -0.2) is 4.79 Å². The molecule has 0 fully saturated rings. The van der Waals surface area contributed by atoms with Crippen LogP contribution in [0.15, 0.2) is 12.7 Å². The molecule has 0 radical (unpaired) electrons. The maximum atomic E-state index is 12.1. The maximum absolute atomic E-state index is 12.1. The molecule has 0 aliphatic carbocycles. The predicted molar refractivity (Wildman–Crippen MR) is 82.2 cm³/mol. The second-order valence-corrected chi connectivity index (χ2v) is 5.51. The van der Waals surface area contributed by atoms with Gasteiger partial charge < -0.3 is 20.1 Å². The van der Waals surface area contributed by atoms with Crippen LogP contribution in [0.3, 0.4) is 0 Å². The number of hydrogen-bond donors (Lipinski definition) is 2. The number of carbonyl (C=O) groups is 2. The third kappa shape index (κ3) is 9.90. The number of amides is 2. The summed E-state index contributed by atoms with van der Waals surface area (Å²) in [4.78, 5) is 24.5. The van der Waals surface area contributed by atoms with Gasteiger partial charge in [0.15, 0.2) is 0 Å². The van der Waals surface area contributed by atoms with E-state index < -0.39 is 5.97 Å². The van der Waals surface area contributed by atoms with Gasteiger partial charge >= 0.3 is 12.0 Å². The van der Waals surface area contributed by atoms with Gasteiger partial charge in [-0.15, -0.1) is 6.58 Å². The van der Waals surface area contributed by atoms with Gasteiger partial charge in [-0.2, -0.15) is 0 Å². The summed E-state index contributed by atoms with van der Waals surface area (Å²) in [5, 5.41) is 11.7. The largest absolute Gasteiger partial charge is 0.481 e. The Morgan fingerprint density at radius 2 is 2.10 bits per heavy atom. The van der Waals surface area contributed by atoms with Crippen LogP contribution in [0, 0.1) is 11.8 Å². The Balaban J connectivity index is 4.41. The predicted octanol–water partition coefficient (Wildman–Crippen LogP) is 1.97. The summed E-state index contributed by atoms with van der Waals surface area (Å²) in [5.74, 6) is -0.499. The molecule has 1 atom stereocenters. The smallest absolute Gasteiger partial charge is 0.317 e. The van der Waals surface area contributed by atoms with Crippen LogP contribution >= 0.6 is 0 Å². The fourth-order valence-corrected chi connectivity index (χ4v) is 2.13. The van der Waals surface area contributed by atoms with Crippen LogP contribution < -0.4 is 5.32 Å². The van der Waals surface area contributed by atoms with E-state index in [9.17, 15) is 9.59 Å². The summed E-state index contributed by atoms with van der Waals surface area (Å²) < 4.78 is 4.97. The standard InChI is InChI=1S/C15H28N2O4/c1-5-6-17(7-8-21-4)15(20)16-11-13(9-12(2)3)10-14(18)19/h5,12-13H,1,6-11H2,2-4H3,(H,16,20)(H,18,19). The summed E-state index contributed by atoms with van der Waals surface area (Å²) in [6.45, 7) is 9.43. The van der Waals surface area contributed by atoms with Crippen molar-refractivity contribution in [1.29, 1.82) is 0 Å². The number of urea groups is 1. The number of ether oxygens (including phenoxy) is 1. The van der Waals surface area contributed by atoms with Crippen LogP contribution in [0.5, 0.6) is 0 Å². The molecule has 0 bridgehead atoms. The molecule has 2 N–H and O–H groups in total. The van der Waals surface area contributed by atoms with Gasteiger partial charge in [0.25, 0.3) is 0 Å². The molecule has 0 aromatic heterocycles. The molecule has 0 aliphatic rings. The summed E-state index contributed by atoms with van der Waals surface area (Å²) in [6, 6.07) is -0.217. The topological polar surface area (TPSA) is 78.9 Å². The highest BCUT2D eigenvalue weighted by Crippen LogP contribution is 2.14. The van der Waals surface area contributed by atoms with E-state index in [1.54, 1.807) is 18.1 Å². The molecule has 0 saturated carbocycles. The lowest BCUT2D eigenvalue weighted by molar-refractivity contribution is -0.138. The van der Waals surface area contributed by atoms with Crippen molar-refractivity contribution in [3.8, 4) is 0 Å². The third-order valence-corrected chi connectivity index (χ3v) is 3.01. The molecule has 2 amide bonds. The Kier molecular flexibility index (Phi) is 10.3. The van der Waals surface area contributed by atoms with Crippen molar-refractivity contribution in [3.63, 3.8) is 0 Å². The Labute approximate surface area is 127 Å². The van der Waals surface area contributed by atoms with Crippen molar-refractivity contribution in [3.05, 3.63) is 12.7 Å². The second kappa shape index (κ2) is 11.1. The van der Waals surface area contributed by atoms with Crippen molar-refractivity contribution < 1.29 is 19.4 Å². The lowest BCUT2D eigenvalue weighted by Crippen LogP contribution is -2.43. The third-order valence-electron chi connectivity index (χ3n) is 3.01. The summed E-state index contributed by atoms with van der Waals surface area (Å²) >= 11 is 0. The number of rotatable bonds is 11. The lowest BCUT2D eigenvalue weighted by atomic mass is 9.94. The van der Waals surface area contributed by atoms with E-state index in [1.165, 1.54) is 0 Å². The van der Waals surface area contributed by atoms with E-state index in [0.717, 1.165) is 6.42 Å². The zero-order valence-electron chi connectivity index (χ0n) is 13.3. The van der Waals surface area contributed by atoms with Crippen LogP contribution in [0.25, 0.3) is 0 Å². The minimum Gasteiger partial charge on any atom is -0.481 e. The number of nitrogens with one attached hydrogen (secondary N) is 1. The molecule has 0 aromatic carbocycles. The fourth-order valence-electron chi connectivity index (χ4n) is 2.13. The number of hydrogen-bond acceptors (Lipinski definition) is 3. The van der Waals surface area contributed by atoms with E-state index >= 15 is 0 Å². The number of carbonyl (C=O) groups excluding carboxylic acids is 1. The van der Waals surface area contributed by atoms with E-state index in [2.05, 4.69) is 11.9 Å². The van der Waals surface area contributed by atoms with Crippen LogP contribution in [0.4, 0.5) is 4.79 Å². The number of carboxylic acids is 1. The van der Waals surface area contributed by atoms with Gasteiger partial charge in [0.1, 0.15) is 0 Å². The fraction of sp³-hybridized carbons (Fsp3) is 0.733.